The third kappa shape index (κ3) is 4.03. The Bertz CT molecular complexity index is 2670. The van der Waals surface area contributed by atoms with Gasteiger partial charge in [0.1, 0.15) is 0 Å². The van der Waals surface area contributed by atoms with E-state index in [9.17, 15) is 0 Å². The zero-order valence-corrected chi connectivity index (χ0v) is 26.2. The molecule has 0 bridgehead atoms. The minimum atomic E-state index is 0.179. The van der Waals surface area contributed by atoms with Crippen LogP contribution in [0.4, 0.5) is 22.7 Å². The van der Waals surface area contributed by atoms with Gasteiger partial charge in [0, 0.05) is 28.4 Å². The molecular weight excluding hydrogens is 581 g/mol. The molecule has 1 atom stereocenters. The summed E-state index contributed by atoms with van der Waals surface area (Å²) in [7, 11) is 0. The lowest BCUT2D eigenvalue weighted by Gasteiger charge is -2.28. The third-order valence-corrected chi connectivity index (χ3v) is 10.0. The molecule has 1 aliphatic heterocycles. The molecule has 10 rings (SSSR count). The molecule has 0 fully saturated rings. The van der Waals surface area contributed by atoms with Crippen LogP contribution in [0.25, 0.3) is 49.5 Å². The molecule has 8 aromatic carbocycles. The van der Waals surface area contributed by atoms with Crippen molar-refractivity contribution in [1.29, 1.82) is 0 Å². The van der Waals surface area contributed by atoms with Crippen LogP contribution in [0, 0.1) is 0 Å². The minimum Gasteiger partial charge on any atom is -0.310 e. The van der Waals surface area contributed by atoms with Crippen molar-refractivity contribution in [1.82, 2.24) is 0 Å². The van der Waals surface area contributed by atoms with Gasteiger partial charge in [0.05, 0.1) is 16.7 Å². The molecule has 1 aliphatic carbocycles. The highest BCUT2D eigenvalue weighted by molar-refractivity contribution is 6.17. The highest BCUT2D eigenvalue weighted by Crippen LogP contribution is 2.48. The largest absolute Gasteiger partial charge is 0.310 e. The average Bonchev–Trinajstić information content (AvgIpc) is 3.55. The fourth-order valence-electron chi connectivity index (χ4n) is 7.99. The van der Waals surface area contributed by atoms with Crippen molar-refractivity contribution in [2.75, 3.05) is 4.90 Å². The summed E-state index contributed by atoms with van der Waals surface area (Å²) in [6.07, 6.45) is 6.88. The van der Waals surface area contributed by atoms with E-state index in [1.807, 2.05) is 0 Å². The molecule has 224 valence electrons. The molecule has 0 saturated carbocycles. The highest BCUT2D eigenvalue weighted by Gasteiger charge is 2.26. The van der Waals surface area contributed by atoms with Crippen LogP contribution in [0.15, 0.2) is 175 Å². The molecule has 0 spiro atoms. The molecule has 8 aromatic rings. The van der Waals surface area contributed by atoms with Crippen LogP contribution in [0.5, 0.6) is 0 Å². The van der Waals surface area contributed by atoms with Crippen molar-refractivity contribution in [2.24, 2.45) is 4.99 Å². The van der Waals surface area contributed by atoms with Crippen LogP contribution in [0.2, 0.25) is 0 Å². The Kier molecular flexibility index (Phi) is 5.97. The number of hydrogen-bond acceptors (Lipinski definition) is 2. The number of para-hydroxylation sites is 2. The third-order valence-electron chi connectivity index (χ3n) is 10.0. The lowest BCUT2D eigenvalue weighted by Crippen LogP contribution is -2.18. The van der Waals surface area contributed by atoms with Crippen molar-refractivity contribution in [3.8, 4) is 11.1 Å². The first-order valence-corrected chi connectivity index (χ1v) is 16.6. The lowest BCUT2D eigenvalue weighted by molar-refractivity contribution is 1.03. The Hall–Kier alpha value is -6.25. The SMILES string of the molecule is C1=CC(c2ccccc2)c2c(c3ccccc3c3cc4c5c(ccc4cc23)=Nc2cccc(N(c3ccccc3)c3ccccc3)c2-5)=C1. The Morgan fingerprint density at radius 1 is 0.500 bits per heavy atom. The maximum atomic E-state index is 5.22. The topological polar surface area (TPSA) is 15.6 Å². The maximum absolute atomic E-state index is 5.22. The van der Waals surface area contributed by atoms with Gasteiger partial charge >= 0.3 is 0 Å². The first-order valence-electron chi connectivity index (χ1n) is 16.6. The smallest absolute Gasteiger partial charge is 0.0737 e. The summed E-state index contributed by atoms with van der Waals surface area (Å²) in [4.78, 5) is 7.58. The zero-order chi connectivity index (χ0) is 31.6. The molecule has 0 radical (unpaired) electrons. The van der Waals surface area contributed by atoms with E-state index in [0.29, 0.717) is 0 Å². The Morgan fingerprint density at radius 2 is 1.19 bits per heavy atom. The molecule has 0 amide bonds. The van der Waals surface area contributed by atoms with Gasteiger partial charge in [-0.1, -0.05) is 121 Å². The normalized spacial score (nSPS) is 14.3. The second kappa shape index (κ2) is 10.7. The fourth-order valence-corrected chi connectivity index (χ4v) is 7.99. The number of fused-ring (bicyclic) bond motifs is 11. The standard InChI is InChI=1S/C46H30N2/c1-4-14-30(15-5-1)34-22-12-23-37-35-20-10-11-21-36(35)39-29-38-31(28-40(39)44(34)37)26-27-42-45(38)46-41(47-42)24-13-25-43(46)48(32-16-6-2-7-17-32)33-18-8-3-9-19-33/h1-29,34H. The fraction of sp³-hybridized carbons (Fsp3) is 0.0217. The van der Waals surface area contributed by atoms with Crippen LogP contribution >= 0.6 is 0 Å². The molecule has 0 N–H and O–H groups in total. The quantitative estimate of drug-likeness (QED) is 0.143. The molecule has 1 unspecified atom stereocenters. The molecule has 2 heteroatoms. The highest BCUT2D eigenvalue weighted by atomic mass is 15.1. The first kappa shape index (κ1) is 26.9. The van der Waals surface area contributed by atoms with Crippen molar-refractivity contribution >= 4 is 61.1 Å². The predicted molar refractivity (Wildman–Crippen MR) is 201 cm³/mol. The van der Waals surface area contributed by atoms with E-state index in [2.05, 4.69) is 181 Å². The van der Waals surface area contributed by atoms with Gasteiger partial charge in [-0.2, -0.15) is 0 Å². The van der Waals surface area contributed by atoms with E-state index in [1.54, 1.807) is 0 Å². The Balaban J connectivity index is 1.29. The summed E-state index contributed by atoms with van der Waals surface area (Å²) in [5.41, 5.74) is 9.43. The van der Waals surface area contributed by atoms with Crippen molar-refractivity contribution in [2.45, 2.75) is 5.92 Å². The van der Waals surface area contributed by atoms with Crippen LogP contribution in [0.3, 0.4) is 0 Å². The van der Waals surface area contributed by atoms with E-state index in [1.165, 1.54) is 59.8 Å². The van der Waals surface area contributed by atoms with E-state index in [4.69, 9.17) is 4.99 Å². The van der Waals surface area contributed by atoms with Crippen molar-refractivity contribution in [3.05, 3.63) is 192 Å². The van der Waals surface area contributed by atoms with E-state index in [0.717, 1.165) is 28.1 Å². The molecule has 1 heterocycles. The summed E-state index contributed by atoms with van der Waals surface area (Å²) in [6, 6.07) is 57.0. The molecule has 2 aliphatic rings. The van der Waals surface area contributed by atoms with Crippen molar-refractivity contribution in [3.63, 3.8) is 0 Å². The van der Waals surface area contributed by atoms with E-state index in [-0.39, 0.29) is 5.92 Å². The van der Waals surface area contributed by atoms with Gasteiger partial charge in [-0.15, -0.1) is 0 Å². The maximum Gasteiger partial charge on any atom is 0.0737 e. The molecular formula is C46H30N2. The summed E-state index contributed by atoms with van der Waals surface area (Å²) >= 11 is 0. The van der Waals surface area contributed by atoms with Crippen LogP contribution < -0.4 is 15.5 Å². The summed E-state index contributed by atoms with van der Waals surface area (Å²) < 4.78 is 0. The summed E-state index contributed by atoms with van der Waals surface area (Å²) in [5.74, 6) is 0.179. The average molecular weight is 611 g/mol. The van der Waals surface area contributed by atoms with Gasteiger partial charge in [-0.25, -0.2) is 4.99 Å². The number of allylic oxidation sites excluding steroid dienone is 2. The minimum absolute atomic E-state index is 0.179. The first-order chi connectivity index (χ1) is 23.8. The summed E-state index contributed by atoms with van der Waals surface area (Å²) in [6.45, 7) is 0. The lowest BCUT2D eigenvalue weighted by atomic mass is 9.81. The van der Waals surface area contributed by atoms with Gasteiger partial charge in [0.25, 0.3) is 0 Å². The van der Waals surface area contributed by atoms with Gasteiger partial charge < -0.3 is 4.90 Å². The predicted octanol–water partition coefficient (Wildman–Crippen LogP) is 11.0. The molecule has 0 saturated heterocycles. The Labute approximate surface area is 278 Å². The van der Waals surface area contributed by atoms with Gasteiger partial charge in [0.2, 0.25) is 0 Å². The number of rotatable bonds is 4. The molecule has 48 heavy (non-hydrogen) atoms. The number of hydrogen-bond donors (Lipinski definition) is 0. The second-order valence-electron chi connectivity index (χ2n) is 12.7. The van der Waals surface area contributed by atoms with E-state index < -0.39 is 0 Å². The number of benzene rings is 8. The van der Waals surface area contributed by atoms with Crippen LogP contribution in [0.1, 0.15) is 17.0 Å². The van der Waals surface area contributed by atoms with Gasteiger partial charge in [-0.05, 0) is 103 Å². The monoisotopic (exact) mass is 610 g/mol. The van der Waals surface area contributed by atoms with Gasteiger partial charge in [0.15, 0.2) is 0 Å². The number of anilines is 3. The molecule has 2 nitrogen and oxygen atoms in total. The zero-order valence-electron chi connectivity index (χ0n) is 26.2. The second-order valence-corrected chi connectivity index (χ2v) is 12.7. The molecule has 0 aromatic heterocycles. The van der Waals surface area contributed by atoms with E-state index >= 15 is 0 Å². The van der Waals surface area contributed by atoms with Gasteiger partial charge in [-0.3, -0.25) is 0 Å². The Morgan fingerprint density at radius 3 is 1.94 bits per heavy atom. The van der Waals surface area contributed by atoms with Crippen LogP contribution in [-0.4, -0.2) is 0 Å². The van der Waals surface area contributed by atoms with Crippen molar-refractivity contribution < 1.29 is 0 Å². The number of nitrogens with zero attached hydrogens (tertiary/aromatic N) is 2. The van der Waals surface area contributed by atoms with Crippen LogP contribution in [-0.2, 0) is 0 Å². The summed E-state index contributed by atoms with van der Waals surface area (Å²) in [5, 5.41) is 9.96.